The van der Waals surface area contributed by atoms with Crippen LogP contribution < -0.4 is 10.8 Å². The first-order valence-corrected chi connectivity index (χ1v) is 9.07. The number of benzene rings is 2. The molecule has 4 aromatic rings. The van der Waals surface area contributed by atoms with Gasteiger partial charge in [0.05, 0.1) is 16.6 Å². The lowest BCUT2D eigenvalue weighted by Gasteiger charge is -2.13. The SMILES string of the molecule is Cn1c(Nc2cccc(C(=O)NO)c2)nc2cc(C(F)(F)F)c(-c3cccnc3)cc21. The second-order valence-corrected chi connectivity index (χ2v) is 6.77. The van der Waals surface area contributed by atoms with Crippen molar-refractivity contribution in [1.82, 2.24) is 20.0 Å². The molecule has 0 aliphatic heterocycles. The Kier molecular flexibility index (Phi) is 5.07. The Bertz CT molecular complexity index is 1270. The molecular formula is C21H16F3N5O2. The number of carbonyl (C=O) groups excluding carboxylic acids is 1. The van der Waals surface area contributed by atoms with E-state index in [-0.39, 0.29) is 22.6 Å². The molecule has 158 valence electrons. The van der Waals surface area contributed by atoms with E-state index in [9.17, 15) is 18.0 Å². The molecule has 0 bridgehead atoms. The molecule has 0 fully saturated rings. The number of anilines is 2. The number of aromatic nitrogens is 3. The Morgan fingerprint density at radius 3 is 2.61 bits per heavy atom. The molecule has 2 aromatic carbocycles. The molecule has 0 unspecified atom stereocenters. The van der Waals surface area contributed by atoms with E-state index in [1.54, 1.807) is 41.4 Å². The molecule has 3 N–H and O–H groups in total. The summed E-state index contributed by atoms with van der Waals surface area (Å²) in [6.07, 6.45) is -1.70. The number of amides is 1. The molecule has 31 heavy (non-hydrogen) atoms. The van der Waals surface area contributed by atoms with Crippen LogP contribution >= 0.6 is 0 Å². The maximum absolute atomic E-state index is 13.7. The second-order valence-electron chi connectivity index (χ2n) is 6.77. The summed E-state index contributed by atoms with van der Waals surface area (Å²) in [6.45, 7) is 0. The third kappa shape index (κ3) is 3.92. The number of hydrogen-bond donors (Lipinski definition) is 3. The van der Waals surface area contributed by atoms with Crippen LogP contribution in [-0.2, 0) is 13.2 Å². The predicted molar refractivity (Wildman–Crippen MR) is 108 cm³/mol. The number of nitrogens with zero attached hydrogens (tertiary/aromatic N) is 3. The molecule has 10 heteroatoms. The van der Waals surface area contributed by atoms with Gasteiger partial charge in [-0.25, -0.2) is 10.5 Å². The van der Waals surface area contributed by atoms with Crippen LogP contribution in [0.25, 0.3) is 22.2 Å². The van der Waals surface area contributed by atoms with Crippen molar-refractivity contribution in [1.29, 1.82) is 0 Å². The highest BCUT2D eigenvalue weighted by atomic mass is 19.4. The summed E-state index contributed by atoms with van der Waals surface area (Å²) in [5.41, 5.74) is 2.41. The molecule has 0 atom stereocenters. The van der Waals surface area contributed by atoms with Crippen molar-refractivity contribution < 1.29 is 23.2 Å². The lowest BCUT2D eigenvalue weighted by Crippen LogP contribution is -2.18. The zero-order valence-electron chi connectivity index (χ0n) is 16.1. The van der Waals surface area contributed by atoms with Gasteiger partial charge in [-0.3, -0.25) is 15.0 Å². The quantitative estimate of drug-likeness (QED) is 0.329. The first-order valence-electron chi connectivity index (χ1n) is 9.07. The molecule has 0 saturated carbocycles. The van der Waals surface area contributed by atoms with Gasteiger partial charge in [-0.05, 0) is 42.0 Å². The van der Waals surface area contributed by atoms with E-state index in [1.807, 2.05) is 0 Å². The zero-order valence-corrected chi connectivity index (χ0v) is 16.1. The van der Waals surface area contributed by atoms with E-state index < -0.39 is 17.6 Å². The van der Waals surface area contributed by atoms with Gasteiger partial charge in [-0.15, -0.1) is 0 Å². The van der Waals surface area contributed by atoms with E-state index in [0.29, 0.717) is 16.8 Å². The number of imidazole rings is 1. The van der Waals surface area contributed by atoms with Gasteiger partial charge in [0.25, 0.3) is 5.91 Å². The van der Waals surface area contributed by atoms with E-state index in [2.05, 4.69) is 15.3 Å². The van der Waals surface area contributed by atoms with Gasteiger partial charge >= 0.3 is 6.18 Å². The maximum Gasteiger partial charge on any atom is 0.417 e. The fourth-order valence-corrected chi connectivity index (χ4v) is 3.28. The van der Waals surface area contributed by atoms with E-state index in [1.165, 1.54) is 30.6 Å². The topological polar surface area (TPSA) is 92.1 Å². The number of rotatable bonds is 4. The number of halogens is 3. The smallest absolute Gasteiger partial charge is 0.326 e. The maximum atomic E-state index is 13.7. The molecule has 7 nitrogen and oxygen atoms in total. The minimum absolute atomic E-state index is 0.00395. The molecule has 4 rings (SSSR count). The highest BCUT2D eigenvalue weighted by molar-refractivity contribution is 5.94. The fourth-order valence-electron chi connectivity index (χ4n) is 3.28. The molecule has 1 amide bonds. The number of nitrogens with one attached hydrogen (secondary N) is 2. The number of hydroxylamine groups is 1. The second kappa shape index (κ2) is 7.73. The first kappa shape index (κ1) is 20.4. The van der Waals surface area contributed by atoms with Crippen LogP contribution in [-0.4, -0.2) is 25.6 Å². The van der Waals surface area contributed by atoms with Crippen molar-refractivity contribution >= 4 is 28.6 Å². The molecule has 0 aliphatic rings. The molecule has 0 radical (unpaired) electrons. The summed E-state index contributed by atoms with van der Waals surface area (Å²) < 4.78 is 42.8. The summed E-state index contributed by atoms with van der Waals surface area (Å²) in [5, 5.41) is 11.8. The third-order valence-electron chi connectivity index (χ3n) is 4.78. The minimum Gasteiger partial charge on any atom is -0.326 e. The third-order valence-corrected chi connectivity index (χ3v) is 4.78. The van der Waals surface area contributed by atoms with Crippen molar-refractivity contribution in [3.8, 4) is 11.1 Å². The van der Waals surface area contributed by atoms with Crippen molar-refractivity contribution in [2.75, 3.05) is 5.32 Å². The number of fused-ring (bicyclic) bond motifs is 1. The monoisotopic (exact) mass is 427 g/mol. The van der Waals surface area contributed by atoms with Gasteiger partial charge in [-0.1, -0.05) is 12.1 Å². The Morgan fingerprint density at radius 2 is 1.94 bits per heavy atom. The van der Waals surface area contributed by atoms with Crippen LogP contribution in [0.5, 0.6) is 0 Å². The molecular weight excluding hydrogens is 411 g/mol. The highest BCUT2D eigenvalue weighted by Crippen LogP contribution is 2.39. The summed E-state index contributed by atoms with van der Waals surface area (Å²) in [6, 6.07) is 11.8. The predicted octanol–water partition coefficient (Wildman–Crippen LogP) is 4.52. The normalized spacial score (nSPS) is 11.5. The van der Waals surface area contributed by atoms with Crippen LogP contribution in [0, 0.1) is 0 Å². The zero-order chi connectivity index (χ0) is 22.2. The van der Waals surface area contributed by atoms with Crippen LogP contribution in [0.2, 0.25) is 0 Å². The van der Waals surface area contributed by atoms with Gasteiger partial charge in [0.2, 0.25) is 5.95 Å². The summed E-state index contributed by atoms with van der Waals surface area (Å²) in [7, 11) is 1.67. The Morgan fingerprint density at radius 1 is 1.13 bits per heavy atom. The van der Waals surface area contributed by atoms with Crippen molar-refractivity contribution in [2.24, 2.45) is 7.05 Å². The summed E-state index contributed by atoms with van der Waals surface area (Å²) in [4.78, 5) is 19.8. The summed E-state index contributed by atoms with van der Waals surface area (Å²) >= 11 is 0. The first-order chi connectivity index (χ1) is 14.8. The lowest BCUT2D eigenvalue weighted by atomic mass is 10.00. The van der Waals surface area contributed by atoms with Gasteiger partial charge in [0.15, 0.2) is 0 Å². The van der Waals surface area contributed by atoms with Crippen LogP contribution in [0.15, 0.2) is 60.9 Å². The molecule has 0 aliphatic carbocycles. The highest BCUT2D eigenvalue weighted by Gasteiger charge is 2.34. The van der Waals surface area contributed by atoms with Crippen LogP contribution in [0.4, 0.5) is 24.8 Å². The van der Waals surface area contributed by atoms with Crippen molar-refractivity contribution in [3.63, 3.8) is 0 Å². The number of hydrogen-bond acceptors (Lipinski definition) is 5. The van der Waals surface area contributed by atoms with Crippen LogP contribution in [0.3, 0.4) is 0 Å². The molecule has 0 spiro atoms. The summed E-state index contributed by atoms with van der Waals surface area (Å²) in [5.74, 6) is -0.405. The van der Waals surface area contributed by atoms with Gasteiger partial charge in [-0.2, -0.15) is 13.2 Å². The van der Waals surface area contributed by atoms with Crippen molar-refractivity contribution in [3.05, 3.63) is 72.1 Å². The van der Waals surface area contributed by atoms with E-state index >= 15 is 0 Å². The lowest BCUT2D eigenvalue weighted by molar-refractivity contribution is -0.137. The van der Waals surface area contributed by atoms with Gasteiger partial charge in [0.1, 0.15) is 0 Å². The van der Waals surface area contributed by atoms with Crippen molar-refractivity contribution in [2.45, 2.75) is 6.18 Å². The number of carbonyl (C=O) groups is 1. The Hall–Kier alpha value is -3.92. The van der Waals surface area contributed by atoms with E-state index in [0.717, 1.165) is 6.07 Å². The largest absolute Gasteiger partial charge is 0.417 e. The van der Waals surface area contributed by atoms with Gasteiger partial charge in [0, 0.05) is 36.3 Å². The Balaban J connectivity index is 1.81. The molecule has 0 saturated heterocycles. The Labute approximate surface area is 174 Å². The number of pyridine rings is 1. The molecule has 2 heterocycles. The van der Waals surface area contributed by atoms with E-state index in [4.69, 9.17) is 5.21 Å². The molecule has 2 aromatic heterocycles. The average molecular weight is 427 g/mol. The van der Waals surface area contributed by atoms with Crippen LogP contribution in [0.1, 0.15) is 15.9 Å². The average Bonchev–Trinajstić information content (AvgIpc) is 3.07. The number of aryl methyl sites for hydroxylation is 1. The minimum atomic E-state index is -4.57. The van der Waals surface area contributed by atoms with Gasteiger partial charge < -0.3 is 9.88 Å². The standard InChI is InChI=1S/C21H16F3N5O2/c1-29-18-9-15(13-5-3-7-25-11-13)16(21(22,23)24)10-17(18)27-20(29)26-14-6-2-4-12(8-14)19(30)28-31/h2-11,31H,1H3,(H,26,27)(H,28,30). The fraction of sp³-hybridized carbons (Fsp3) is 0.0952. The number of alkyl halides is 3.